The van der Waals surface area contributed by atoms with Gasteiger partial charge in [0.25, 0.3) is 0 Å². The maximum Gasteiger partial charge on any atom is 0.223 e. The lowest BCUT2D eigenvalue weighted by Gasteiger charge is -2.19. The first-order valence-corrected chi connectivity index (χ1v) is 7.48. The van der Waals surface area contributed by atoms with Gasteiger partial charge in [0.05, 0.1) is 0 Å². The van der Waals surface area contributed by atoms with Crippen LogP contribution in [0.15, 0.2) is 28.7 Å². The van der Waals surface area contributed by atoms with Gasteiger partial charge < -0.3 is 10.2 Å². The molecule has 0 aromatic heterocycles. The van der Waals surface area contributed by atoms with Crippen molar-refractivity contribution >= 4 is 21.8 Å². The van der Waals surface area contributed by atoms with E-state index < -0.39 is 0 Å². The Morgan fingerprint density at radius 3 is 2.89 bits per heavy atom. The zero-order valence-electron chi connectivity index (χ0n) is 11.7. The van der Waals surface area contributed by atoms with E-state index in [4.69, 9.17) is 0 Å². The molecule has 3 nitrogen and oxygen atoms in total. The van der Waals surface area contributed by atoms with E-state index in [9.17, 15) is 4.79 Å². The molecule has 0 heterocycles. The smallest absolute Gasteiger partial charge is 0.223 e. The van der Waals surface area contributed by atoms with Crippen molar-refractivity contribution in [2.45, 2.75) is 25.3 Å². The van der Waals surface area contributed by atoms with Crippen LogP contribution in [0.1, 0.15) is 24.8 Å². The van der Waals surface area contributed by atoms with Gasteiger partial charge in [-0.15, -0.1) is 0 Å². The lowest BCUT2D eigenvalue weighted by molar-refractivity contribution is -0.122. The minimum Gasteiger partial charge on any atom is -0.354 e. The van der Waals surface area contributed by atoms with E-state index in [2.05, 4.69) is 45.2 Å². The number of nitrogens with one attached hydrogen (secondary N) is 1. The number of rotatable bonds is 5. The van der Waals surface area contributed by atoms with Gasteiger partial charge in [-0.25, -0.2) is 0 Å². The first-order valence-electron chi connectivity index (χ1n) is 6.68. The van der Waals surface area contributed by atoms with Crippen LogP contribution >= 0.6 is 15.9 Å². The van der Waals surface area contributed by atoms with Gasteiger partial charge >= 0.3 is 0 Å². The van der Waals surface area contributed by atoms with E-state index in [-0.39, 0.29) is 11.8 Å². The van der Waals surface area contributed by atoms with Crippen LogP contribution in [0.2, 0.25) is 0 Å². The lowest BCUT2D eigenvalue weighted by Crippen LogP contribution is -2.38. The second kappa shape index (κ2) is 6.06. The van der Waals surface area contributed by atoms with Crippen LogP contribution in [0, 0.1) is 5.92 Å². The van der Waals surface area contributed by atoms with Gasteiger partial charge in [-0.3, -0.25) is 4.79 Å². The number of benzene rings is 1. The Bertz CT molecular complexity index is 461. The van der Waals surface area contributed by atoms with E-state index in [0.29, 0.717) is 18.5 Å². The summed E-state index contributed by atoms with van der Waals surface area (Å²) in [5.41, 5.74) is 1.26. The van der Waals surface area contributed by atoms with E-state index in [1.165, 1.54) is 5.56 Å². The average molecular weight is 325 g/mol. The van der Waals surface area contributed by atoms with E-state index >= 15 is 0 Å². The first kappa shape index (κ1) is 14.5. The number of hydrogen-bond donors (Lipinski definition) is 1. The quantitative estimate of drug-likeness (QED) is 0.903. The number of likely N-dealkylation sites (N-methyl/N-ethyl adjacent to an activating group) is 1. The van der Waals surface area contributed by atoms with E-state index in [1.807, 2.05) is 26.2 Å². The number of halogens is 1. The summed E-state index contributed by atoms with van der Waals surface area (Å²) >= 11 is 3.47. The molecule has 1 aliphatic rings. The summed E-state index contributed by atoms with van der Waals surface area (Å²) in [6.07, 6.45) is 0.971. The van der Waals surface area contributed by atoms with Gasteiger partial charge in [-0.05, 0) is 51.1 Å². The number of carbonyl (C=O) groups is 1. The van der Waals surface area contributed by atoms with Crippen LogP contribution in [0.25, 0.3) is 0 Å². The number of amides is 1. The standard InChI is InChI=1S/C15H21BrN2O/c1-10(18(2)3)9-17-15(19)14-8-13(14)11-5-4-6-12(16)7-11/h4-7,10,13-14H,8-9H2,1-3H3,(H,17,19)/t10-,13+,14+/m1/s1. The molecule has 19 heavy (non-hydrogen) atoms. The fourth-order valence-corrected chi connectivity index (χ4v) is 2.57. The third-order valence-corrected chi connectivity index (χ3v) is 4.35. The fraction of sp³-hybridized carbons (Fsp3) is 0.533. The van der Waals surface area contributed by atoms with Crippen LogP contribution in [-0.2, 0) is 4.79 Å². The molecular formula is C15H21BrN2O. The number of nitrogens with zero attached hydrogens (tertiary/aromatic N) is 1. The third-order valence-electron chi connectivity index (χ3n) is 3.86. The second-order valence-corrected chi connectivity index (χ2v) is 6.48. The first-order chi connectivity index (χ1) is 8.99. The van der Waals surface area contributed by atoms with Crippen LogP contribution in [-0.4, -0.2) is 37.5 Å². The average Bonchev–Trinajstić information content (AvgIpc) is 3.15. The summed E-state index contributed by atoms with van der Waals surface area (Å²) in [7, 11) is 4.05. The van der Waals surface area contributed by atoms with Crippen molar-refractivity contribution in [3.63, 3.8) is 0 Å². The summed E-state index contributed by atoms with van der Waals surface area (Å²) in [6, 6.07) is 8.62. The molecule has 1 aromatic carbocycles. The normalized spacial score (nSPS) is 23.2. The minimum absolute atomic E-state index is 0.156. The molecule has 0 bridgehead atoms. The molecule has 1 aromatic rings. The van der Waals surface area contributed by atoms with Crippen molar-refractivity contribution in [2.24, 2.45) is 5.92 Å². The molecule has 0 spiro atoms. The third kappa shape index (κ3) is 3.80. The Kier molecular flexibility index (Phi) is 4.63. The van der Waals surface area contributed by atoms with Crippen molar-refractivity contribution in [1.82, 2.24) is 10.2 Å². The predicted molar refractivity (Wildman–Crippen MR) is 81.1 cm³/mol. The molecule has 1 fully saturated rings. The van der Waals surface area contributed by atoms with Gasteiger partial charge in [-0.2, -0.15) is 0 Å². The number of hydrogen-bond acceptors (Lipinski definition) is 2. The molecule has 1 amide bonds. The molecule has 0 radical (unpaired) electrons. The van der Waals surface area contributed by atoms with Crippen LogP contribution in [0.4, 0.5) is 0 Å². The Hall–Kier alpha value is -0.870. The molecule has 2 rings (SSSR count). The van der Waals surface area contributed by atoms with Gasteiger partial charge in [0.15, 0.2) is 0 Å². The molecule has 1 N–H and O–H groups in total. The van der Waals surface area contributed by atoms with Gasteiger partial charge in [0.2, 0.25) is 5.91 Å². The van der Waals surface area contributed by atoms with E-state index in [0.717, 1.165) is 10.9 Å². The minimum atomic E-state index is 0.156. The Morgan fingerprint density at radius 2 is 2.26 bits per heavy atom. The topological polar surface area (TPSA) is 32.3 Å². The summed E-state index contributed by atoms with van der Waals surface area (Å²) < 4.78 is 1.08. The largest absolute Gasteiger partial charge is 0.354 e. The van der Waals surface area contributed by atoms with Crippen LogP contribution in [0.3, 0.4) is 0 Å². The predicted octanol–water partition coefficient (Wildman–Crippen LogP) is 2.62. The second-order valence-electron chi connectivity index (χ2n) is 5.56. The zero-order valence-corrected chi connectivity index (χ0v) is 13.3. The molecule has 1 saturated carbocycles. The van der Waals surface area contributed by atoms with Crippen LogP contribution < -0.4 is 5.32 Å². The monoisotopic (exact) mass is 324 g/mol. The fourth-order valence-electron chi connectivity index (χ4n) is 2.15. The molecule has 0 unspecified atom stereocenters. The Labute approximate surface area is 123 Å². The molecule has 3 atom stereocenters. The summed E-state index contributed by atoms with van der Waals surface area (Å²) in [6.45, 7) is 2.83. The molecule has 1 aliphatic carbocycles. The Morgan fingerprint density at radius 1 is 1.53 bits per heavy atom. The summed E-state index contributed by atoms with van der Waals surface area (Å²) in [4.78, 5) is 14.2. The molecule has 0 saturated heterocycles. The van der Waals surface area contributed by atoms with Crippen LogP contribution in [0.5, 0.6) is 0 Å². The highest BCUT2D eigenvalue weighted by Gasteiger charge is 2.43. The molecule has 104 valence electrons. The van der Waals surface area contributed by atoms with Crippen molar-refractivity contribution < 1.29 is 4.79 Å². The lowest BCUT2D eigenvalue weighted by atomic mass is 10.1. The van der Waals surface area contributed by atoms with Gasteiger partial charge in [-0.1, -0.05) is 28.1 Å². The number of carbonyl (C=O) groups excluding carboxylic acids is 1. The van der Waals surface area contributed by atoms with E-state index in [1.54, 1.807) is 0 Å². The maximum absolute atomic E-state index is 12.1. The summed E-state index contributed by atoms with van der Waals surface area (Å²) in [5.74, 6) is 0.745. The van der Waals surface area contributed by atoms with Crippen molar-refractivity contribution in [3.8, 4) is 0 Å². The van der Waals surface area contributed by atoms with Crippen molar-refractivity contribution in [2.75, 3.05) is 20.6 Å². The highest BCUT2D eigenvalue weighted by atomic mass is 79.9. The molecular weight excluding hydrogens is 304 g/mol. The Balaban J connectivity index is 1.84. The molecule has 4 heteroatoms. The highest BCUT2D eigenvalue weighted by Crippen LogP contribution is 2.47. The maximum atomic E-state index is 12.1. The summed E-state index contributed by atoms with van der Waals surface area (Å²) in [5, 5.41) is 3.05. The highest BCUT2D eigenvalue weighted by molar-refractivity contribution is 9.10. The van der Waals surface area contributed by atoms with Crippen molar-refractivity contribution in [1.29, 1.82) is 0 Å². The van der Waals surface area contributed by atoms with Crippen molar-refractivity contribution in [3.05, 3.63) is 34.3 Å². The van der Waals surface area contributed by atoms with Gasteiger partial charge in [0.1, 0.15) is 0 Å². The zero-order chi connectivity index (χ0) is 14.0. The van der Waals surface area contributed by atoms with Gasteiger partial charge in [0, 0.05) is 23.0 Å². The SMILES string of the molecule is C[C@H](CNC(=O)[C@H]1C[C@H]1c1cccc(Br)c1)N(C)C. The molecule has 0 aliphatic heterocycles.